The molecule has 0 radical (unpaired) electrons. The largest absolute Gasteiger partial charge is 0.469 e. The third kappa shape index (κ3) is 6.09. The van der Waals surface area contributed by atoms with E-state index in [-0.39, 0.29) is 19.1 Å². The highest BCUT2D eigenvalue weighted by atomic mass is 31.2. The van der Waals surface area contributed by atoms with Gasteiger partial charge < -0.3 is 19.3 Å². The number of carbonyl (C=O) groups is 3. The first-order chi connectivity index (χ1) is 11.5. The molecule has 25 heavy (non-hydrogen) atoms. The quantitative estimate of drug-likeness (QED) is 0.494. The summed E-state index contributed by atoms with van der Waals surface area (Å²) in [6.07, 6.45) is -0.264. The third-order valence-electron chi connectivity index (χ3n) is 4.08. The average Bonchev–Trinajstić information content (AvgIpc) is 2.56. The van der Waals surface area contributed by atoms with Crippen LogP contribution in [-0.2, 0) is 32.9 Å². The van der Waals surface area contributed by atoms with E-state index >= 15 is 0 Å². The van der Waals surface area contributed by atoms with Crippen LogP contribution in [0.25, 0.3) is 0 Å². The Hall–Kier alpha value is -1.44. The Morgan fingerprint density at radius 2 is 1.92 bits per heavy atom. The molecule has 2 N–H and O–H groups in total. The Labute approximate surface area is 147 Å². The van der Waals surface area contributed by atoms with Crippen LogP contribution in [0.3, 0.4) is 0 Å². The van der Waals surface area contributed by atoms with Crippen LogP contribution in [-0.4, -0.2) is 56.9 Å². The van der Waals surface area contributed by atoms with Crippen molar-refractivity contribution in [2.45, 2.75) is 45.8 Å². The van der Waals surface area contributed by atoms with E-state index in [0.717, 1.165) is 0 Å². The number of hydrogen-bond acceptors (Lipinski definition) is 7. The highest BCUT2D eigenvalue weighted by Gasteiger charge is 2.47. The molecule has 1 heterocycles. The smallest absolute Gasteiger partial charge is 0.323 e. The molecule has 3 atom stereocenters. The zero-order valence-electron chi connectivity index (χ0n) is 15.3. The van der Waals surface area contributed by atoms with E-state index in [9.17, 15) is 18.9 Å². The lowest BCUT2D eigenvalue weighted by atomic mass is 9.83. The van der Waals surface area contributed by atoms with Crippen LogP contribution in [0.15, 0.2) is 0 Å². The summed E-state index contributed by atoms with van der Waals surface area (Å²) < 4.78 is 27.6. The van der Waals surface area contributed by atoms with E-state index < -0.39 is 42.9 Å². The number of ether oxygens (including phenoxy) is 2. The molecular formula is C15H27N2O7P. The lowest BCUT2D eigenvalue weighted by Gasteiger charge is -2.41. The van der Waals surface area contributed by atoms with Gasteiger partial charge in [0.1, 0.15) is 12.1 Å². The van der Waals surface area contributed by atoms with Crippen molar-refractivity contribution >= 4 is 25.4 Å². The Balaban J connectivity index is 2.75. The van der Waals surface area contributed by atoms with Gasteiger partial charge in [0.15, 0.2) is 0 Å². The summed E-state index contributed by atoms with van der Waals surface area (Å²) in [6.45, 7) is 5.29. The van der Waals surface area contributed by atoms with Gasteiger partial charge >= 0.3 is 11.9 Å². The van der Waals surface area contributed by atoms with Crippen LogP contribution in [0.1, 0.15) is 33.6 Å². The van der Waals surface area contributed by atoms with Crippen LogP contribution >= 0.6 is 7.52 Å². The van der Waals surface area contributed by atoms with Gasteiger partial charge in [-0.05, 0) is 13.3 Å². The normalized spacial score (nSPS) is 26.4. The van der Waals surface area contributed by atoms with Crippen molar-refractivity contribution in [2.24, 2.45) is 5.41 Å². The fraction of sp³-hybridized carbons (Fsp3) is 0.800. The predicted molar refractivity (Wildman–Crippen MR) is 90.0 cm³/mol. The first-order valence-corrected chi connectivity index (χ1v) is 9.83. The first kappa shape index (κ1) is 21.6. The van der Waals surface area contributed by atoms with Crippen molar-refractivity contribution in [3.8, 4) is 0 Å². The molecule has 0 saturated carbocycles. The molecule has 1 amide bonds. The molecule has 1 unspecified atom stereocenters. The minimum atomic E-state index is -3.39. The molecule has 1 fully saturated rings. The van der Waals surface area contributed by atoms with Crippen molar-refractivity contribution < 1.29 is 32.9 Å². The number of carbonyl (C=O) groups excluding carboxylic acids is 3. The number of rotatable bonds is 7. The summed E-state index contributed by atoms with van der Waals surface area (Å²) in [5.41, 5.74) is -0.542. The average molecular weight is 378 g/mol. The number of esters is 2. The van der Waals surface area contributed by atoms with Crippen molar-refractivity contribution in [1.82, 2.24) is 10.4 Å². The van der Waals surface area contributed by atoms with Gasteiger partial charge in [0.25, 0.3) is 7.52 Å². The van der Waals surface area contributed by atoms with Crippen LogP contribution in [0.4, 0.5) is 0 Å². The maximum Gasteiger partial charge on any atom is 0.323 e. The van der Waals surface area contributed by atoms with E-state index in [1.807, 2.05) is 13.8 Å². The van der Waals surface area contributed by atoms with Gasteiger partial charge in [0.05, 0.1) is 20.6 Å². The summed E-state index contributed by atoms with van der Waals surface area (Å²) >= 11 is 0. The second-order valence-corrected chi connectivity index (χ2v) is 8.88. The topological polar surface area (TPSA) is 120 Å². The Kier molecular flexibility index (Phi) is 7.59. The molecule has 0 aromatic rings. The fourth-order valence-electron chi connectivity index (χ4n) is 2.44. The van der Waals surface area contributed by atoms with Gasteiger partial charge in [-0.2, -0.15) is 0 Å². The lowest BCUT2D eigenvalue weighted by Crippen LogP contribution is -2.50. The maximum atomic E-state index is 12.9. The predicted octanol–water partition coefficient (Wildman–Crippen LogP) is 0.825. The van der Waals surface area contributed by atoms with E-state index in [2.05, 4.69) is 19.9 Å². The lowest BCUT2D eigenvalue weighted by molar-refractivity contribution is -0.142. The van der Waals surface area contributed by atoms with Gasteiger partial charge in [-0.3, -0.25) is 18.9 Å². The zero-order chi connectivity index (χ0) is 19.3. The number of nitrogens with one attached hydrogen (secondary N) is 2. The molecule has 1 aliphatic rings. The number of amides is 1. The minimum absolute atomic E-state index is 0.0324. The van der Waals surface area contributed by atoms with E-state index in [0.29, 0.717) is 6.42 Å². The molecule has 1 rings (SSSR count). The SMILES string of the molecule is COC(=O)CCNC(=O)[C@@H]1O[P@@](=O)(NC(C)C(=O)OC)CCC1(C)C. The van der Waals surface area contributed by atoms with Crippen molar-refractivity contribution in [3.05, 3.63) is 0 Å². The molecule has 0 aromatic carbocycles. The molecule has 9 nitrogen and oxygen atoms in total. The second-order valence-electron chi connectivity index (χ2n) is 6.61. The van der Waals surface area contributed by atoms with Gasteiger partial charge in [0.2, 0.25) is 5.91 Å². The van der Waals surface area contributed by atoms with Gasteiger partial charge in [0, 0.05) is 18.1 Å². The molecule has 144 valence electrons. The molecule has 0 aromatic heterocycles. The van der Waals surface area contributed by atoms with E-state index in [1.54, 1.807) is 0 Å². The van der Waals surface area contributed by atoms with E-state index in [4.69, 9.17) is 4.52 Å². The molecule has 0 bridgehead atoms. The molecule has 1 saturated heterocycles. The summed E-state index contributed by atoms with van der Waals surface area (Å²) in [7, 11) is -0.886. The highest BCUT2D eigenvalue weighted by Crippen LogP contribution is 2.54. The molecular weight excluding hydrogens is 351 g/mol. The summed E-state index contributed by atoms with van der Waals surface area (Å²) in [6, 6.07) is -0.819. The molecule has 0 spiro atoms. The van der Waals surface area contributed by atoms with Crippen LogP contribution in [0, 0.1) is 5.41 Å². The van der Waals surface area contributed by atoms with Gasteiger partial charge in [-0.15, -0.1) is 0 Å². The van der Waals surface area contributed by atoms with Crippen molar-refractivity contribution in [2.75, 3.05) is 26.9 Å². The van der Waals surface area contributed by atoms with Crippen LogP contribution in [0.5, 0.6) is 0 Å². The number of methoxy groups -OCH3 is 2. The van der Waals surface area contributed by atoms with Crippen LogP contribution in [0.2, 0.25) is 0 Å². The van der Waals surface area contributed by atoms with Gasteiger partial charge in [-0.1, -0.05) is 13.8 Å². The molecule has 0 aliphatic carbocycles. The Morgan fingerprint density at radius 3 is 2.48 bits per heavy atom. The Morgan fingerprint density at radius 1 is 1.28 bits per heavy atom. The van der Waals surface area contributed by atoms with Gasteiger partial charge in [-0.25, -0.2) is 5.09 Å². The first-order valence-electron chi connectivity index (χ1n) is 8.02. The summed E-state index contributed by atoms with van der Waals surface area (Å²) in [5.74, 6) is -1.47. The monoisotopic (exact) mass is 378 g/mol. The molecule has 1 aliphatic heterocycles. The third-order valence-corrected chi connectivity index (χ3v) is 6.22. The maximum absolute atomic E-state index is 12.9. The summed E-state index contributed by atoms with van der Waals surface area (Å²) in [4.78, 5) is 35.0. The van der Waals surface area contributed by atoms with Crippen molar-refractivity contribution in [3.63, 3.8) is 0 Å². The van der Waals surface area contributed by atoms with Crippen LogP contribution < -0.4 is 10.4 Å². The second kappa shape index (κ2) is 8.78. The van der Waals surface area contributed by atoms with E-state index in [1.165, 1.54) is 21.1 Å². The van der Waals surface area contributed by atoms with Crippen molar-refractivity contribution in [1.29, 1.82) is 0 Å². The summed E-state index contributed by atoms with van der Waals surface area (Å²) in [5, 5.41) is 5.25. The molecule has 10 heteroatoms. The number of hydrogen-bond donors (Lipinski definition) is 2. The highest BCUT2D eigenvalue weighted by molar-refractivity contribution is 7.57. The standard InChI is InChI=1S/C15H27N2O7P/c1-10(14(20)23-5)17-25(21)9-7-15(2,3)12(24-25)13(19)16-8-6-11(18)22-4/h10,12H,6-9H2,1-5H3,(H,16,19)(H,17,21)/t10?,12-,25+/m0/s1. The fourth-order valence-corrected chi connectivity index (χ4v) is 5.02. The Bertz CT molecular complexity index is 564. The minimum Gasteiger partial charge on any atom is -0.469 e. The zero-order valence-corrected chi connectivity index (χ0v) is 16.2.